The fraction of sp³-hybridized carbons (Fsp3) is 0.545. The van der Waals surface area contributed by atoms with Crippen molar-refractivity contribution < 1.29 is 19.1 Å². The summed E-state index contributed by atoms with van der Waals surface area (Å²) in [6, 6.07) is 13.3. The molecule has 2 aromatic carbocycles. The second-order valence-corrected chi connectivity index (χ2v) is 13.1. The number of carbonyl (C=O) groups excluding carboxylic acids is 3. The smallest absolute Gasteiger partial charge is 0.408 e. The Morgan fingerprint density at radius 2 is 1.51 bits per heavy atom. The van der Waals surface area contributed by atoms with Crippen molar-refractivity contribution >= 4 is 35.4 Å². The van der Waals surface area contributed by atoms with E-state index in [4.69, 9.17) is 4.74 Å². The molecule has 8 heteroatoms. The van der Waals surface area contributed by atoms with Gasteiger partial charge in [-0.2, -0.15) is 11.8 Å². The molecule has 226 valence electrons. The number of hydrogen-bond donors (Lipinski definition) is 2. The molecule has 0 fully saturated rings. The van der Waals surface area contributed by atoms with E-state index in [9.17, 15) is 14.4 Å². The van der Waals surface area contributed by atoms with Crippen molar-refractivity contribution in [3.63, 3.8) is 0 Å². The molecular weight excluding hydrogens is 534 g/mol. The van der Waals surface area contributed by atoms with Crippen LogP contribution in [0.2, 0.25) is 0 Å². The van der Waals surface area contributed by atoms with Gasteiger partial charge in [0.2, 0.25) is 5.91 Å². The van der Waals surface area contributed by atoms with Crippen molar-refractivity contribution in [3.8, 4) is 0 Å². The summed E-state index contributed by atoms with van der Waals surface area (Å²) in [5.41, 5.74) is 2.58. The van der Waals surface area contributed by atoms with Gasteiger partial charge in [0.25, 0.3) is 5.91 Å². The van der Waals surface area contributed by atoms with Crippen molar-refractivity contribution in [2.75, 3.05) is 17.3 Å². The molecule has 41 heavy (non-hydrogen) atoms. The maximum Gasteiger partial charge on any atom is 0.408 e. The maximum atomic E-state index is 14.6. The number of anilines is 1. The first-order chi connectivity index (χ1) is 19.2. The second kappa shape index (κ2) is 15.9. The van der Waals surface area contributed by atoms with Crippen LogP contribution in [0.1, 0.15) is 83.5 Å². The molecule has 2 N–H and O–H groups in total. The van der Waals surface area contributed by atoms with Crippen LogP contribution in [-0.4, -0.2) is 52.5 Å². The zero-order valence-electron chi connectivity index (χ0n) is 26.2. The van der Waals surface area contributed by atoms with Gasteiger partial charge in [-0.05, 0) is 101 Å². The van der Waals surface area contributed by atoms with E-state index in [1.807, 2.05) is 75.6 Å². The minimum absolute atomic E-state index is 0.269. The summed E-state index contributed by atoms with van der Waals surface area (Å²) < 4.78 is 5.51. The lowest BCUT2D eigenvalue weighted by Crippen LogP contribution is -2.55. The van der Waals surface area contributed by atoms with Gasteiger partial charge >= 0.3 is 6.09 Å². The summed E-state index contributed by atoms with van der Waals surface area (Å²) >= 11 is 1.60. The van der Waals surface area contributed by atoms with Crippen LogP contribution in [0.25, 0.3) is 0 Å². The second-order valence-electron chi connectivity index (χ2n) is 12.1. The van der Waals surface area contributed by atoms with Crippen LogP contribution >= 0.6 is 11.8 Å². The zero-order valence-corrected chi connectivity index (χ0v) is 27.1. The summed E-state index contributed by atoms with van der Waals surface area (Å²) in [7, 11) is 0. The normalized spacial score (nSPS) is 13.7. The first-order valence-electron chi connectivity index (χ1n) is 14.5. The molecule has 0 saturated carbocycles. The molecule has 0 spiro atoms. The van der Waals surface area contributed by atoms with E-state index < -0.39 is 23.8 Å². The monoisotopic (exact) mass is 583 g/mol. The van der Waals surface area contributed by atoms with Crippen LogP contribution < -0.4 is 10.6 Å². The molecule has 0 heterocycles. The Hall–Kier alpha value is -3.00. The molecule has 2 aromatic rings. The van der Waals surface area contributed by atoms with Gasteiger partial charge in [0, 0.05) is 11.7 Å². The topological polar surface area (TPSA) is 87.7 Å². The zero-order chi connectivity index (χ0) is 30.7. The number of para-hydroxylation sites is 1. The number of rotatable bonds is 13. The van der Waals surface area contributed by atoms with Crippen LogP contribution in [0, 0.1) is 19.8 Å². The molecule has 7 nitrogen and oxygen atoms in total. The van der Waals surface area contributed by atoms with Crippen molar-refractivity contribution in [1.29, 1.82) is 0 Å². The first-order valence-corrected chi connectivity index (χ1v) is 15.9. The van der Waals surface area contributed by atoms with Crippen molar-refractivity contribution in [3.05, 3.63) is 65.2 Å². The SMILES string of the molecule is CSCCC(NC(=O)OC(C)(C)C)C(=O)N(C(C)CCC(C)C)C(C(=O)Nc1ccccc1C)c1ccccc1C. The number of ether oxygens (including phenoxy) is 1. The maximum absolute atomic E-state index is 14.6. The van der Waals surface area contributed by atoms with Gasteiger partial charge in [0.1, 0.15) is 17.7 Å². The lowest BCUT2D eigenvalue weighted by Gasteiger charge is -2.39. The van der Waals surface area contributed by atoms with Gasteiger partial charge in [-0.1, -0.05) is 56.3 Å². The highest BCUT2D eigenvalue weighted by atomic mass is 32.2. The highest BCUT2D eigenvalue weighted by Gasteiger charge is 2.39. The predicted octanol–water partition coefficient (Wildman–Crippen LogP) is 7.28. The number of alkyl carbamates (subject to hydrolysis) is 1. The van der Waals surface area contributed by atoms with Crippen molar-refractivity contribution in [2.24, 2.45) is 5.92 Å². The Morgan fingerprint density at radius 1 is 0.902 bits per heavy atom. The third-order valence-electron chi connectivity index (χ3n) is 6.90. The van der Waals surface area contributed by atoms with Crippen molar-refractivity contribution in [1.82, 2.24) is 10.2 Å². The summed E-state index contributed by atoms with van der Waals surface area (Å²) in [6.45, 7) is 15.5. The molecule has 3 atom stereocenters. The van der Waals surface area contributed by atoms with E-state index in [1.165, 1.54) is 0 Å². The number of hydrogen-bond acceptors (Lipinski definition) is 5. The van der Waals surface area contributed by atoms with E-state index in [-0.39, 0.29) is 17.9 Å². The summed E-state index contributed by atoms with van der Waals surface area (Å²) in [6.07, 6.45) is 3.32. The molecule has 0 saturated heterocycles. The number of thioether (sulfide) groups is 1. The van der Waals surface area contributed by atoms with Crippen LogP contribution in [-0.2, 0) is 14.3 Å². The average molecular weight is 584 g/mol. The highest BCUT2D eigenvalue weighted by Crippen LogP contribution is 2.31. The average Bonchev–Trinajstić information content (AvgIpc) is 2.88. The van der Waals surface area contributed by atoms with E-state index in [2.05, 4.69) is 24.5 Å². The van der Waals surface area contributed by atoms with Crippen LogP contribution in [0.5, 0.6) is 0 Å². The summed E-state index contributed by atoms with van der Waals surface area (Å²) in [5.74, 6) is 0.498. The third-order valence-corrected chi connectivity index (χ3v) is 7.55. The quantitative estimate of drug-likeness (QED) is 0.259. The lowest BCUT2D eigenvalue weighted by atomic mass is 9.94. The lowest BCUT2D eigenvalue weighted by molar-refractivity contribution is -0.143. The largest absolute Gasteiger partial charge is 0.444 e. The molecule has 2 rings (SSSR count). The van der Waals surface area contributed by atoms with E-state index in [1.54, 1.807) is 37.4 Å². The summed E-state index contributed by atoms with van der Waals surface area (Å²) in [5, 5.41) is 5.93. The summed E-state index contributed by atoms with van der Waals surface area (Å²) in [4.78, 5) is 43.3. The predicted molar refractivity (Wildman–Crippen MR) is 170 cm³/mol. The fourth-order valence-electron chi connectivity index (χ4n) is 4.66. The van der Waals surface area contributed by atoms with Crippen LogP contribution in [0.15, 0.2) is 48.5 Å². The molecule has 3 amide bonds. The molecule has 0 bridgehead atoms. The van der Waals surface area contributed by atoms with E-state index in [0.717, 1.165) is 23.1 Å². The number of nitrogens with zero attached hydrogens (tertiary/aromatic N) is 1. The van der Waals surface area contributed by atoms with Crippen LogP contribution in [0.3, 0.4) is 0 Å². The van der Waals surface area contributed by atoms with E-state index >= 15 is 0 Å². The Kier molecular flexibility index (Phi) is 13.2. The minimum atomic E-state index is -0.900. The number of nitrogens with one attached hydrogen (secondary N) is 2. The third kappa shape index (κ3) is 10.7. The Labute approximate surface area is 251 Å². The van der Waals surface area contributed by atoms with Gasteiger partial charge in [0.05, 0.1) is 0 Å². The molecule has 0 aromatic heterocycles. The Balaban J connectivity index is 2.63. The molecule has 3 unspecified atom stereocenters. The highest BCUT2D eigenvalue weighted by molar-refractivity contribution is 7.98. The van der Waals surface area contributed by atoms with Gasteiger partial charge in [-0.25, -0.2) is 4.79 Å². The Morgan fingerprint density at radius 3 is 2.07 bits per heavy atom. The van der Waals surface area contributed by atoms with E-state index in [0.29, 0.717) is 30.2 Å². The number of aryl methyl sites for hydroxylation is 2. The van der Waals surface area contributed by atoms with Gasteiger partial charge in [0.15, 0.2) is 0 Å². The molecule has 0 aliphatic carbocycles. The van der Waals surface area contributed by atoms with Crippen LogP contribution in [0.4, 0.5) is 10.5 Å². The fourth-order valence-corrected chi connectivity index (χ4v) is 5.13. The standard InChI is InChI=1S/C33H49N3O4S/c1-22(2)18-19-25(5)36(31(38)28(20-21-41-9)35-32(39)40-33(6,7)8)29(26-16-12-10-14-23(26)3)30(37)34-27-17-13-11-15-24(27)4/h10-17,22,25,28-29H,18-21H2,1-9H3,(H,34,37)(H,35,39). The number of carbonyl (C=O) groups is 3. The molecule has 0 radical (unpaired) electrons. The van der Waals surface area contributed by atoms with Gasteiger partial charge < -0.3 is 20.3 Å². The van der Waals surface area contributed by atoms with Crippen molar-refractivity contribution in [2.45, 2.75) is 98.4 Å². The van der Waals surface area contributed by atoms with Gasteiger partial charge in [-0.3, -0.25) is 9.59 Å². The van der Waals surface area contributed by atoms with Gasteiger partial charge in [-0.15, -0.1) is 0 Å². The molecular formula is C33H49N3O4S. The minimum Gasteiger partial charge on any atom is -0.444 e. The first kappa shape index (κ1) is 34.2. The number of benzene rings is 2. The molecule has 0 aliphatic heterocycles. The number of amides is 3. The molecule has 0 aliphatic rings. The Bertz CT molecular complexity index is 1160.